The molecule has 3 nitrogen and oxygen atoms in total. The largest absolute Gasteiger partial charge is 0.372 e. The third kappa shape index (κ3) is 3.94. The van der Waals surface area contributed by atoms with Crippen LogP contribution in [0.3, 0.4) is 0 Å². The first-order chi connectivity index (χ1) is 11.6. The molecule has 1 amide bonds. The quantitative estimate of drug-likeness (QED) is 0.825. The Labute approximate surface area is 146 Å². The van der Waals surface area contributed by atoms with Crippen molar-refractivity contribution in [3.63, 3.8) is 0 Å². The number of halogens is 2. The number of hydrogen-bond acceptors (Lipinski definition) is 2. The second-order valence-corrected chi connectivity index (χ2v) is 6.30. The molecule has 0 saturated carbocycles. The number of carbonyl (C=O) groups is 1. The molecule has 1 heterocycles. The van der Waals surface area contributed by atoms with Gasteiger partial charge in [-0.25, -0.2) is 4.39 Å². The Balaban J connectivity index is 1.61. The lowest BCUT2D eigenvalue weighted by molar-refractivity contribution is -0.00761. The van der Waals surface area contributed by atoms with E-state index in [4.69, 9.17) is 16.3 Å². The zero-order valence-corrected chi connectivity index (χ0v) is 14.0. The lowest BCUT2D eigenvalue weighted by Crippen LogP contribution is -2.43. The molecule has 1 atom stereocenters. The van der Waals surface area contributed by atoms with E-state index in [1.165, 1.54) is 6.07 Å². The highest BCUT2D eigenvalue weighted by Gasteiger charge is 2.26. The van der Waals surface area contributed by atoms with Crippen molar-refractivity contribution in [1.82, 2.24) is 4.90 Å². The highest BCUT2D eigenvalue weighted by atomic mass is 35.5. The molecule has 0 aromatic heterocycles. The topological polar surface area (TPSA) is 29.5 Å². The van der Waals surface area contributed by atoms with E-state index in [2.05, 4.69) is 0 Å². The van der Waals surface area contributed by atoms with E-state index in [1.807, 2.05) is 0 Å². The molecule has 0 bridgehead atoms. The maximum absolute atomic E-state index is 13.7. The second kappa shape index (κ2) is 7.77. The van der Waals surface area contributed by atoms with E-state index in [0.29, 0.717) is 29.2 Å². The van der Waals surface area contributed by atoms with Crippen molar-refractivity contribution in [3.8, 4) is 0 Å². The fraction of sp³-hybridized carbons (Fsp3) is 0.316. The molecule has 2 aromatic carbocycles. The van der Waals surface area contributed by atoms with Crippen molar-refractivity contribution in [2.24, 2.45) is 0 Å². The van der Waals surface area contributed by atoms with Crippen LogP contribution in [0.15, 0.2) is 48.5 Å². The minimum Gasteiger partial charge on any atom is -0.372 e. The predicted molar refractivity (Wildman–Crippen MR) is 91.6 cm³/mol. The molecule has 0 unspecified atom stereocenters. The van der Waals surface area contributed by atoms with Crippen LogP contribution in [0, 0.1) is 5.82 Å². The van der Waals surface area contributed by atoms with Gasteiger partial charge >= 0.3 is 0 Å². The van der Waals surface area contributed by atoms with Gasteiger partial charge in [0.15, 0.2) is 0 Å². The van der Waals surface area contributed by atoms with E-state index in [9.17, 15) is 9.18 Å². The highest BCUT2D eigenvalue weighted by Crippen LogP contribution is 2.21. The smallest absolute Gasteiger partial charge is 0.255 e. The van der Waals surface area contributed by atoms with Gasteiger partial charge in [-0.2, -0.15) is 0 Å². The highest BCUT2D eigenvalue weighted by molar-refractivity contribution is 6.33. The van der Waals surface area contributed by atoms with Gasteiger partial charge in [0.25, 0.3) is 5.91 Å². The number of hydrogen-bond donors (Lipinski definition) is 0. The van der Waals surface area contributed by atoms with Gasteiger partial charge in [-0.1, -0.05) is 41.9 Å². The van der Waals surface area contributed by atoms with Gasteiger partial charge in [0.1, 0.15) is 5.82 Å². The Morgan fingerprint density at radius 1 is 1.21 bits per heavy atom. The molecular weight excluding hydrogens is 329 g/mol. The maximum atomic E-state index is 13.7. The van der Waals surface area contributed by atoms with Crippen molar-refractivity contribution in [1.29, 1.82) is 0 Å². The van der Waals surface area contributed by atoms with E-state index in [-0.39, 0.29) is 24.4 Å². The normalized spacial score (nSPS) is 17.8. The second-order valence-electron chi connectivity index (χ2n) is 5.90. The van der Waals surface area contributed by atoms with Crippen molar-refractivity contribution in [2.75, 3.05) is 13.1 Å². The molecule has 3 rings (SSSR count). The lowest BCUT2D eigenvalue weighted by Gasteiger charge is -2.33. The van der Waals surface area contributed by atoms with Crippen molar-refractivity contribution in [3.05, 3.63) is 70.5 Å². The molecule has 1 saturated heterocycles. The molecule has 24 heavy (non-hydrogen) atoms. The summed E-state index contributed by atoms with van der Waals surface area (Å²) in [6.07, 6.45) is 1.63. The molecular formula is C19H19ClFNO2. The fourth-order valence-electron chi connectivity index (χ4n) is 2.89. The Kier molecular flexibility index (Phi) is 5.48. The summed E-state index contributed by atoms with van der Waals surface area (Å²) in [7, 11) is 0. The zero-order chi connectivity index (χ0) is 16.9. The van der Waals surface area contributed by atoms with Crippen LogP contribution in [0.5, 0.6) is 0 Å². The number of ether oxygens (including phenoxy) is 1. The number of benzene rings is 2. The van der Waals surface area contributed by atoms with Crippen LogP contribution in [0.1, 0.15) is 28.8 Å². The molecule has 1 aliphatic rings. The van der Waals surface area contributed by atoms with Crippen LogP contribution < -0.4 is 0 Å². The first kappa shape index (κ1) is 16.9. The van der Waals surface area contributed by atoms with Crippen LogP contribution in [0.4, 0.5) is 4.39 Å². The summed E-state index contributed by atoms with van der Waals surface area (Å²) in [5.74, 6) is -0.350. The van der Waals surface area contributed by atoms with E-state index in [0.717, 1.165) is 12.8 Å². The predicted octanol–water partition coefficient (Wildman–Crippen LogP) is 4.30. The fourth-order valence-corrected chi connectivity index (χ4v) is 3.10. The van der Waals surface area contributed by atoms with E-state index < -0.39 is 0 Å². The minimum atomic E-state index is -0.266. The molecule has 0 spiro atoms. The van der Waals surface area contributed by atoms with Crippen LogP contribution >= 0.6 is 11.6 Å². The first-order valence-corrected chi connectivity index (χ1v) is 8.42. The molecule has 0 radical (unpaired) electrons. The van der Waals surface area contributed by atoms with Gasteiger partial charge in [0.05, 0.1) is 23.3 Å². The SMILES string of the molecule is O=C(c1ccccc1Cl)N1CCC[C@H](OCc2ccccc2F)C1. The van der Waals surface area contributed by atoms with Crippen molar-refractivity contribution < 1.29 is 13.9 Å². The van der Waals surface area contributed by atoms with Gasteiger partial charge in [-0.15, -0.1) is 0 Å². The summed E-state index contributed by atoms with van der Waals surface area (Å²) in [5.41, 5.74) is 1.04. The lowest BCUT2D eigenvalue weighted by atomic mass is 10.1. The van der Waals surface area contributed by atoms with Crippen LogP contribution in [0.25, 0.3) is 0 Å². The van der Waals surface area contributed by atoms with Gasteiger partial charge in [0, 0.05) is 18.7 Å². The summed E-state index contributed by atoms with van der Waals surface area (Å²) in [6.45, 7) is 1.40. The molecule has 2 aromatic rings. The van der Waals surface area contributed by atoms with Gasteiger partial charge in [0.2, 0.25) is 0 Å². The molecule has 0 N–H and O–H groups in total. The minimum absolute atomic E-state index is 0.0835. The summed E-state index contributed by atoms with van der Waals surface area (Å²) < 4.78 is 19.5. The van der Waals surface area contributed by atoms with Crippen LogP contribution in [-0.2, 0) is 11.3 Å². The first-order valence-electron chi connectivity index (χ1n) is 8.04. The number of amides is 1. The van der Waals surface area contributed by atoms with E-state index >= 15 is 0 Å². The average molecular weight is 348 g/mol. The van der Waals surface area contributed by atoms with Gasteiger partial charge < -0.3 is 9.64 Å². The zero-order valence-electron chi connectivity index (χ0n) is 13.3. The maximum Gasteiger partial charge on any atom is 0.255 e. The van der Waals surface area contributed by atoms with Crippen LogP contribution in [0.2, 0.25) is 5.02 Å². The Morgan fingerprint density at radius 3 is 2.75 bits per heavy atom. The van der Waals surface area contributed by atoms with Crippen molar-refractivity contribution in [2.45, 2.75) is 25.6 Å². The standard InChI is InChI=1S/C19H19ClFNO2/c20-17-9-3-2-8-16(17)19(23)22-11-5-7-15(12-22)24-13-14-6-1-4-10-18(14)21/h1-4,6,8-10,15H,5,7,11-13H2/t15-/m0/s1. The summed E-state index contributed by atoms with van der Waals surface area (Å²) in [5, 5.41) is 0.455. The Hall–Kier alpha value is -1.91. The Bertz CT molecular complexity index is 722. The molecule has 0 aliphatic carbocycles. The Morgan fingerprint density at radius 2 is 1.96 bits per heavy atom. The summed E-state index contributed by atoms with van der Waals surface area (Å²) in [6, 6.07) is 13.6. The number of carbonyl (C=O) groups excluding carboxylic acids is 1. The number of rotatable bonds is 4. The number of likely N-dealkylation sites (tertiary alicyclic amines) is 1. The monoisotopic (exact) mass is 347 g/mol. The summed E-state index contributed by atoms with van der Waals surface area (Å²) in [4.78, 5) is 14.4. The molecule has 1 fully saturated rings. The third-order valence-corrected chi connectivity index (χ3v) is 4.53. The number of nitrogens with zero attached hydrogens (tertiary/aromatic N) is 1. The summed E-state index contributed by atoms with van der Waals surface area (Å²) >= 11 is 6.11. The van der Waals surface area contributed by atoms with Gasteiger partial charge in [-0.3, -0.25) is 4.79 Å². The molecule has 5 heteroatoms. The van der Waals surface area contributed by atoms with E-state index in [1.54, 1.807) is 47.4 Å². The van der Waals surface area contributed by atoms with Crippen LogP contribution in [-0.4, -0.2) is 30.0 Å². The average Bonchev–Trinajstić information content (AvgIpc) is 2.61. The van der Waals surface area contributed by atoms with Crippen molar-refractivity contribution >= 4 is 17.5 Å². The molecule has 1 aliphatic heterocycles. The van der Waals surface area contributed by atoms with Gasteiger partial charge in [-0.05, 0) is 31.0 Å². The third-order valence-electron chi connectivity index (χ3n) is 4.20. The molecule has 126 valence electrons. The number of piperidine rings is 1.